The van der Waals surface area contributed by atoms with Gasteiger partial charge in [-0.3, -0.25) is 0 Å². The van der Waals surface area contributed by atoms with Crippen molar-refractivity contribution in [1.82, 2.24) is 4.98 Å². The molecule has 0 aliphatic heterocycles. The number of aromatic carboxylic acids is 1. The fourth-order valence-corrected chi connectivity index (χ4v) is 2.10. The number of aromatic nitrogens is 1. The summed E-state index contributed by atoms with van der Waals surface area (Å²) in [6.07, 6.45) is 2.33. The number of carboxylic acid groups (broad SMARTS) is 1. The minimum absolute atomic E-state index is 0.235. The first kappa shape index (κ1) is 11.6. The van der Waals surface area contributed by atoms with E-state index in [2.05, 4.69) is 23.3 Å². The molecule has 17 heavy (non-hydrogen) atoms. The van der Waals surface area contributed by atoms with Crippen LogP contribution < -0.4 is 5.32 Å². The lowest BCUT2D eigenvalue weighted by atomic mass is 10.1. The van der Waals surface area contributed by atoms with Crippen LogP contribution >= 0.6 is 11.3 Å². The number of anilines is 2. The van der Waals surface area contributed by atoms with Crippen LogP contribution in [-0.4, -0.2) is 16.1 Å². The van der Waals surface area contributed by atoms with Crippen molar-refractivity contribution in [3.8, 4) is 0 Å². The van der Waals surface area contributed by atoms with E-state index >= 15 is 0 Å². The molecule has 0 atom stereocenters. The number of benzene rings is 1. The van der Waals surface area contributed by atoms with E-state index in [-0.39, 0.29) is 4.88 Å². The zero-order valence-corrected chi connectivity index (χ0v) is 10.1. The van der Waals surface area contributed by atoms with E-state index < -0.39 is 5.97 Å². The zero-order valence-electron chi connectivity index (χ0n) is 9.30. The van der Waals surface area contributed by atoms with Crippen LogP contribution in [-0.2, 0) is 6.42 Å². The number of hydrogen-bond donors (Lipinski definition) is 2. The number of rotatable bonds is 4. The predicted octanol–water partition coefficient (Wildman–Crippen LogP) is 3.15. The molecule has 1 aromatic carbocycles. The molecular formula is C12H12N2O2S. The highest BCUT2D eigenvalue weighted by Gasteiger charge is 2.08. The van der Waals surface area contributed by atoms with Crippen molar-refractivity contribution < 1.29 is 9.90 Å². The fourth-order valence-electron chi connectivity index (χ4n) is 1.42. The lowest BCUT2D eigenvalue weighted by Crippen LogP contribution is -1.90. The van der Waals surface area contributed by atoms with Crippen molar-refractivity contribution >= 4 is 28.1 Å². The fraction of sp³-hybridized carbons (Fsp3) is 0.167. The molecule has 0 aliphatic carbocycles. The molecule has 0 spiro atoms. The summed E-state index contributed by atoms with van der Waals surface area (Å²) in [7, 11) is 0. The van der Waals surface area contributed by atoms with Gasteiger partial charge in [0.05, 0.1) is 6.20 Å². The van der Waals surface area contributed by atoms with Crippen LogP contribution in [0.15, 0.2) is 30.5 Å². The Hall–Kier alpha value is -1.88. The third kappa shape index (κ3) is 2.82. The maximum atomic E-state index is 10.7. The van der Waals surface area contributed by atoms with Crippen LogP contribution in [0.3, 0.4) is 0 Å². The highest BCUT2D eigenvalue weighted by atomic mass is 32.1. The third-order valence-corrected chi connectivity index (χ3v) is 3.20. The molecule has 5 heteroatoms. The Kier molecular flexibility index (Phi) is 3.39. The van der Waals surface area contributed by atoms with Crippen LogP contribution in [0.1, 0.15) is 22.2 Å². The number of thiazole rings is 1. The molecule has 0 aliphatic rings. The van der Waals surface area contributed by atoms with Crippen molar-refractivity contribution in [2.24, 2.45) is 0 Å². The average molecular weight is 248 g/mol. The van der Waals surface area contributed by atoms with Gasteiger partial charge in [-0.25, -0.2) is 9.78 Å². The highest BCUT2D eigenvalue weighted by molar-refractivity contribution is 7.17. The van der Waals surface area contributed by atoms with Crippen molar-refractivity contribution in [3.63, 3.8) is 0 Å². The number of carbonyl (C=O) groups is 1. The normalized spacial score (nSPS) is 10.2. The Balaban J connectivity index is 2.16. The van der Waals surface area contributed by atoms with Gasteiger partial charge in [0.2, 0.25) is 0 Å². The van der Waals surface area contributed by atoms with Crippen LogP contribution in [0, 0.1) is 0 Å². The van der Waals surface area contributed by atoms with Gasteiger partial charge in [0.25, 0.3) is 0 Å². The van der Waals surface area contributed by atoms with E-state index in [1.54, 1.807) is 0 Å². The molecule has 1 aromatic heterocycles. The molecule has 0 saturated heterocycles. The van der Waals surface area contributed by atoms with Gasteiger partial charge >= 0.3 is 5.97 Å². The largest absolute Gasteiger partial charge is 0.477 e. The molecule has 2 N–H and O–H groups in total. The van der Waals surface area contributed by atoms with Crippen LogP contribution in [0.5, 0.6) is 0 Å². The molecule has 2 aromatic rings. The summed E-state index contributed by atoms with van der Waals surface area (Å²) >= 11 is 1.13. The number of aryl methyl sites for hydroxylation is 1. The Bertz CT molecular complexity index is 537. The van der Waals surface area contributed by atoms with E-state index in [9.17, 15) is 4.79 Å². The lowest BCUT2D eigenvalue weighted by Gasteiger charge is -2.03. The van der Waals surface area contributed by atoms with Gasteiger partial charge in [0.15, 0.2) is 5.13 Å². The first-order valence-electron chi connectivity index (χ1n) is 5.24. The molecular weight excluding hydrogens is 236 g/mol. The summed E-state index contributed by atoms with van der Waals surface area (Å²) in [5, 5.41) is 12.5. The quantitative estimate of drug-likeness (QED) is 0.872. The Labute approximate surface area is 103 Å². The number of nitrogens with one attached hydrogen (secondary N) is 1. The summed E-state index contributed by atoms with van der Waals surface area (Å²) in [4.78, 5) is 15.0. The topological polar surface area (TPSA) is 62.2 Å². The second kappa shape index (κ2) is 4.97. The zero-order chi connectivity index (χ0) is 12.3. The van der Waals surface area contributed by atoms with Crippen molar-refractivity contribution in [2.45, 2.75) is 13.3 Å². The van der Waals surface area contributed by atoms with Gasteiger partial charge in [-0.05, 0) is 24.1 Å². The summed E-state index contributed by atoms with van der Waals surface area (Å²) < 4.78 is 0. The molecule has 88 valence electrons. The summed E-state index contributed by atoms with van der Waals surface area (Å²) in [5.41, 5.74) is 2.15. The van der Waals surface area contributed by atoms with Gasteiger partial charge in [0.1, 0.15) is 4.88 Å². The first-order valence-corrected chi connectivity index (χ1v) is 6.05. The van der Waals surface area contributed by atoms with E-state index in [4.69, 9.17) is 5.11 Å². The maximum Gasteiger partial charge on any atom is 0.347 e. The van der Waals surface area contributed by atoms with E-state index in [1.807, 2.05) is 18.2 Å². The van der Waals surface area contributed by atoms with Crippen LogP contribution in [0.4, 0.5) is 10.8 Å². The molecule has 2 rings (SSSR count). The van der Waals surface area contributed by atoms with Gasteiger partial charge in [0, 0.05) is 5.69 Å². The third-order valence-electron chi connectivity index (χ3n) is 2.30. The SMILES string of the molecule is CCc1cccc(Nc2ncc(C(=O)O)s2)c1. The highest BCUT2D eigenvalue weighted by Crippen LogP contribution is 2.23. The number of hydrogen-bond acceptors (Lipinski definition) is 4. The van der Waals surface area contributed by atoms with Crippen LogP contribution in [0.2, 0.25) is 0 Å². The average Bonchev–Trinajstić information content (AvgIpc) is 2.78. The molecule has 0 saturated carbocycles. The summed E-state index contributed by atoms with van der Waals surface area (Å²) in [6.45, 7) is 2.09. The minimum atomic E-state index is -0.946. The molecule has 0 unspecified atom stereocenters. The standard InChI is InChI=1S/C12H12N2O2S/c1-2-8-4-3-5-9(6-8)14-12-13-7-10(17-12)11(15)16/h3-7H,2H2,1H3,(H,13,14)(H,15,16). The Morgan fingerprint density at radius 3 is 3.00 bits per heavy atom. The van der Waals surface area contributed by atoms with E-state index in [1.165, 1.54) is 11.8 Å². The monoisotopic (exact) mass is 248 g/mol. The lowest BCUT2D eigenvalue weighted by molar-refractivity contribution is 0.0702. The molecule has 0 amide bonds. The van der Waals surface area contributed by atoms with Crippen molar-refractivity contribution in [2.75, 3.05) is 5.32 Å². The second-order valence-corrected chi connectivity index (χ2v) is 4.54. The smallest absolute Gasteiger partial charge is 0.347 e. The van der Waals surface area contributed by atoms with Crippen molar-refractivity contribution in [3.05, 3.63) is 40.9 Å². The van der Waals surface area contributed by atoms with Gasteiger partial charge in [-0.15, -0.1) is 0 Å². The Morgan fingerprint density at radius 2 is 2.35 bits per heavy atom. The van der Waals surface area contributed by atoms with E-state index in [0.29, 0.717) is 5.13 Å². The van der Waals surface area contributed by atoms with Crippen molar-refractivity contribution in [1.29, 1.82) is 0 Å². The van der Waals surface area contributed by atoms with Gasteiger partial charge in [-0.1, -0.05) is 30.4 Å². The summed E-state index contributed by atoms with van der Waals surface area (Å²) in [5.74, 6) is -0.946. The molecule has 1 heterocycles. The first-order chi connectivity index (χ1) is 8.19. The van der Waals surface area contributed by atoms with Gasteiger partial charge in [-0.2, -0.15) is 0 Å². The maximum absolute atomic E-state index is 10.7. The number of carboxylic acids is 1. The van der Waals surface area contributed by atoms with Gasteiger partial charge < -0.3 is 10.4 Å². The molecule has 0 fully saturated rings. The second-order valence-electron chi connectivity index (χ2n) is 3.51. The molecule has 4 nitrogen and oxygen atoms in total. The Morgan fingerprint density at radius 1 is 1.53 bits per heavy atom. The number of nitrogens with zero attached hydrogens (tertiary/aromatic N) is 1. The van der Waals surface area contributed by atoms with E-state index in [0.717, 1.165) is 23.4 Å². The molecule has 0 radical (unpaired) electrons. The van der Waals surface area contributed by atoms with Crippen LogP contribution in [0.25, 0.3) is 0 Å². The predicted molar refractivity (Wildman–Crippen MR) is 68.2 cm³/mol. The molecule has 0 bridgehead atoms. The minimum Gasteiger partial charge on any atom is -0.477 e. The summed E-state index contributed by atoms with van der Waals surface area (Å²) in [6, 6.07) is 7.98.